The van der Waals surface area contributed by atoms with Gasteiger partial charge in [-0.25, -0.2) is 4.79 Å². The molecule has 0 aromatic carbocycles. The lowest BCUT2D eigenvalue weighted by molar-refractivity contribution is -0.239. The van der Waals surface area contributed by atoms with E-state index in [1.54, 1.807) is 0 Å². The molecule has 0 spiro atoms. The highest BCUT2D eigenvalue weighted by Gasteiger charge is 2.53. The molecule has 13 heteroatoms. The van der Waals surface area contributed by atoms with Crippen LogP contribution in [0.15, 0.2) is 0 Å². The molecule has 1 saturated heterocycles. The molecular weight excluding hydrogens is 454 g/mol. The summed E-state index contributed by atoms with van der Waals surface area (Å²) in [5.74, 6) is -3.53. The molecule has 0 radical (unpaired) electrons. The molecule has 154 valence electrons. The summed E-state index contributed by atoms with van der Waals surface area (Å²) >= 11 is 22.4. The number of hydrogen-bond donors (Lipinski definition) is 0. The van der Waals surface area contributed by atoms with Crippen LogP contribution in [0.2, 0.25) is 0 Å². The Bertz CT molecular complexity index is 592. The van der Waals surface area contributed by atoms with Crippen molar-refractivity contribution in [2.75, 3.05) is 6.61 Å². The summed E-state index contributed by atoms with van der Waals surface area (Å²) in [5, 5.41) is 0. The van der Waals surface area contributed by atoms with Crippen molar-refractivity contribution in [1.29, 1.82) is 0 Å². The highest BCUT2D eigenvalue weighted by atomic mass is 35.6. The Balaban J connectivity index is 3.18. The molecule has 5 atom stereocenters. The van der Waals surface area contributed by atoms with E-state index in [1.807, 2.05) is 0 Å². The molecule has 5 unspecified atom stereocenters. The maximum atomic E-state index is 11.9. The van der Waals surface area contributed by atoms with Gasteiger partial charge in [-0.15, -0.1) is 0 Å². The minimum atomic E-state index is -2.44. The fourth-order valence-corrected chi connectivity index (χ4v) is 2.63. The van der Waals surface area contributed by atoms with Crippen LogP contribution in [0.25, 0.3) is 0 Å². The predicted molar refractivity (Wildman–Crippen MR) is 92.4 cm³/mol. The highest BCUT2D eigenvalue weighted by Crippen LogP contribution is 2.34. The van der Waals surface area contributed by atoms with Crippen molar-refractivity contribution in [1.82, 2.24) is 0 Å². The lowest BCUT2D eigenvalue weighted by atomic mass is 9.99. The molecule has 1 heterocycles. The molecule has 0 N–H and O–H groups in total. The van der Waals surface area contributed by atoms with Crippen molar-refractivity contribution in [2.24, 2.45) is 0 Å². The van der Waals surface area contributed by atoms with Crippen molar-refractivity contribution in [3.63, 3.8) is 0 Å². The number of carbonyl (C=O) groups is 4. The number of rotatable bonds is 5. The van der Waals surface area contributed by atoms with Crippen LogP contribution in [-0.2, 0) is 42.9 Å². The van der Waals surface area contributed by atoms with E-state index >= 15 is 0 Å². The molecule has 1 fully saturated rings. The van der Waals surface area contributed by atoms with Crippen LogP contribution < -0.4 is 0 Å². The Labute approximate surface area is 174 Å². The van der Waals surface area contributed by atoms with E-state index in [1.165, 1.54) is 0 Å². The average Bonchev–Trinajstić information content (AvgIpc) is 2.49. The minimum absolute atomic E-state index is 0.376. The van der Waals surface area contributed by atoms with Crippen LogP contribution in [0.3, 0.4) is 0 Å². The van der Waals surface area contributed by atoms with Gasteiger partial charge in [-0.2, -0.15) is 0 Å². The maximum Gasteiger partial charge on any atom is 0.359 e. The highest BCUT2D eigenvalue weighted by molar-refractivity contribution is 6.75. The number of hydrogen-bond acceptors (Lipinski definition) is 9. The fraction of sp³-hybridized carbons (Fsp3) is 0.714. The molecule has 0 aliphatic carbocycles. The minimum Gasteiger partial charge on any atom is -0.463 e. The second-order valence-electron chi connectivity index (χ2n) is 5.34. The van der Waals surface area contributed by atoms with Gasteiger partial charge in [0.2, 0.25) is 0 Å². The lowest BCUT2D eigenvalue weighted by Gasteiger charge is -2.42. The zero-order chi connectivity index (χ0) is 20.9. The molecule has 1 rings (SSSR count). The first-order chi connectivity index (χ1) is 12.3. The number of carbonyl (C=O) groups excluding carboxylic acids is 4. The van der Waals surface area contributed by atoms with Crippen molar-refractivity contribution in [2.45, 2.75) is 54.5 Å². The summed E-state index contributed by atoms with van der Waals surface area (Å²) in [6, 6.07) is 0. The standard InChI is InChI=1S/C14H16Cl4O9/c1-5(19)23-4-8-9(24-6(2)20)10(25-7(3)21)11(12(15)26-8)27-13(22)14(16,17)18/h8-12H,4H2,1-3H3. The van der Waals surface area contributed by atoms with Gasteiger partial charge >= 0.3 is 23.9 Å². The molecule has 0 aromatic rings. The molecule has 9 nitrogen and oxygen atoms in total. The summed E-state index contributed by atoms with van der Waals surface area (Å²) in [6.45, 7) is 2.93. The van der Waals surface area contributed by atoms with Gasteiger partial charge in [0, 0.05) is 20.8 Å². The smallest absolute Gasteiger partial charge is 0.359 e. The third kappa shape index (κ3) is 7.50. The van der Waals surface area contributed by atoms with Gasteiger partial charge in [0.15, 0.2) is 23.9 Å². The Morgan fingerprint density at radius 2 is 1.37 bits per heavy atom. The summed E-state index contributed by atoms with van der Waals surface area (Å²) < 4.78 is 23.0. The van der Waals surface area contributed by atoms with Crippen LogP contribution >= 0.6 is 46.4 Å². The van der Waals surface area contributed by atoms with E-state index in [0.717, 1.165) is 20.8 Å². The van der Waals surface area contributed by atoms with Crippen LogP contribution in [-0.4, -0.2) is 64.3 Å². The van der Waals surface area contributed by atoms with Gasteiger partial charge in [-0.05, 0) is 0 Å². The monoisotopic (exact) mass is 468 g/mol. The average molecular weight is 470 g/mol. The van der Waals surface area contributed by atoms with Crippen molar-refractivity contribution in [3.05, 3.63) is 0 Å². The van der Waals surface area contributed by atoms with Gasteiger partial charge in [-0.1, -0.05) is 46.4 Å². The van der Waals surface area contributed by atoms with Crippen LogP contribution in [0.4, 0.5) is 0 Å². The van der Waals surface area contributed by atoms with Gasteiger partial charge in [0.05, 0.1) is 0 Å². The molecule has 0 bridgehead atoms. The van der Waals surface area contributed by atoms with Crippen molar-refractivity contribution < 1.29 is 42.9 Å². The quantitative estimate of drug-likeness (QED) is 0.336. The predicted octanol–water partition coefficient (Wildman–Crippen LogP) is 1.66. The Hall–Kier alpha value is -1.00. The summed E-state index contributed by atoms with van der Waals surface area (Å²) in [7, 11) is 0. The normalized spacial score (nSPS) is 28.0. The SMILES string of the molecule is CC(=O)OCC1OC(Cl)C(OC(=O)C(Cl)(Cl)Cl)C(OC(C)=O)C1OC(C)=O. The van der Waals surface area contributed by atoms with E-state index in [9.17, 15) is 19.2 Å². The summed E-state index contributed by atoms with van der Waals surface area (Å²) in [5.41, 5.74) is -1.40. The lowest BCUT2D eigenvalue weighted by Crippen LogP contribution is -2.61. The second kappa shape index (κ2) is 9.97. The first-order valence-electron chi connectivity index (χ1n) is 7.38. The molecular formula is C14H16Cl4O9. The summed E-state index contributed by atoms with van der Waals surface area (Å²) in [6.07, 6.45) is -5.35. The van der Waals surface area contributed by atoms with E-state index in [-0.39, 0.29) is 6.61 Å². The molecule has 1 aliphatic rings. The third-order valence-corrected chi connectivity index (χ3v) is 3.92. The number of halogens is 4. The van der Waals surface area contributed by atoms with Crippen molar-refractivity contribution >= 4 is 70.3 Å². The Morgan fingerprint density at radius 3 is 1.81 bits per heavy atom. The van der Waals surface area contributed by atoms with Crippen LogP contribution in [0.1, 0.15) is 20.8 Å². The van der Waals surface area contributed by atoms with Gasteiger partial charge < -0.3 is 23.7 Å². The number of ether oxygens (including phenoxy) is 5. The molecule has 27 heavy (non-hydrogen) atoms. The van der Waals surface area contributed by atoms with Gasteiger partial charge in [0.25, 0.3) is 3.79 Å². The first-order valence-corrected chi connectivity index (χ1v) is 8.95. The van der Waals surface area contributed by atoms with E-state index in [2.05, 4.69) is 0 Å². The maximum absolute atomic E-state index is 11.9. The Kier molecular flexibility index (Phi) is 8.88. The van der Waals surface area contributed by atoms with Crippen LogP contribution in [0, 0.1) is 0 Å². The van der Waals surface area contributed by atoms with Gasteiger partial charge in [0.1, 0.15) is 12.7 Å². The van der Waals surface area contributed by atoms with Crippen molar-refractivity contribution in [3.8, 4) is 0 Å². The van der Waals surface area contributed by atoms with Gasteiger partial charge in [-0.3, -0.25) is 14.4 Å². The summed E-state index contributed by atoms with van der Waals surface area (Å²) in [4.78, 5) is 45.9. The number of esters is 4. The number of alkyl halides is 4. The van der Waals surface area contributed by atoms with E-state index in [0.29, 0.717) is 0 Å². The second-order valence-corrected chi connectivity index (χ2v) is 8.06. The largest absolute Gasteiger partial charge is 0.463 e. The Morgan fingerprint density at radius 1 is 0.852 bits per heavy atom. The zero-order valence-electron chi connectivity index (χ0n) is 14.3. The third-order valence-electron chi connectivity index (χ3n) is 3.11. The molecule has 0 saturated carbocycles. The van der Waals surface area contributed by atoms with E-state index < -0.39 is 57.6 Å². The fourth-order valence-electron chi connectivity index (χ4n) is 2.17. The first kappa shape index (κ1) is 24.0. The van der Waals surface area contributed by atoms with E-state index in [4.69, 9.17) is 70.1 Å². The topological polar surface area (TPSA) is 114 Å². The zero-order valence-corrected chi connectivity index (χ0v) is 17.3. The molecule has 0 amide bonds. The molecule has 0 aromatic heterocycles. The van der Waals surface area contributed by atoms with Crippen LogP contribution in [0.5, 0.6) is 0 Å². The molecule has 1 aliphatic heterocycles.